The molecule has 67 valence electrons. The fraction of sp³-hybridized carbons (Fsp3) is 0.500. The number of hydrogen-bond acceptors (Lipinski definition) is 2. The second-order valence-corrected chi connectivity index (χ2v) is 2.22. The van der Waals surface area contributed by atoms with Gasteiger partial charge in [-0.1, -0.05) is 25.1 Å². The minimum Gasteiger partial charge on any atom is -0.358 e. The Hall–Kier alpha value is 0.244. The molecule has 1 heterocycles. The van der Waals surface area contributed by atoms with E-state index >= 15 is 0 Å². The number of nitrogens with zero attached hydrogens (tertiary/aromatic N) is 3. The van der Waals surface area contributed by atoms with Gasteiger partial charge >= 0.3 is 0 Å². The first-order valence-corrected chi connectivity index (χ1v) is 3.55. The first-order valence-electron chi connectivity index (χ1n) is 3.55. The van der Waals surface area contributed by atoms with E-state index in [2.05, 4.69) is 24.2 Å². The Bertz CT molecular complexity index is 198. The molecule has 1 aromatic heterocycles. The molecule has 3 nitrogen and oxygen atoms in total. The summed E-state index contributed by atoms with van der Waals surface area (Å²) in [5.74, 6) is 0. The molecule has 4 heteroatoms. The number of aromatic nitrogens is 3. The maximum atomic E-state index is 3.95. The van der Waals surface area contributed by atoms with Crippen molar-refractivity contribution < 1.29 is 32.7 Å². The predicted molar refractivity (Wildman–Crippen MR) is 45.8 cm³/mol. The van der Waals surface area contributed by atoms with Gasteiger partial charge in [0.25, 0.3) is 0 Å². The molecule has 0 fully saturated rings. The van der Waals surface area contributed by atoms with Gasteiger partial charge in [0.05, 0.1) is 5.69 Å². The van der Waals surface area contributed by atoms with E-state index in [1.165, 1.54) is 0 Å². The smallest absolute Gasteiger partial charge is 0.0825 e. The number of rotatable bonds is 3. The minimum atomic E-state index is 0. The zero-order valence-corrected chi connectivity index (χ0v) is 10.7. The first kappa shape index (κ1) is 14.8. The molecule has 0 saturated heterocycles. The van der Waals surface area contributed by atoms with Gasteiger partial charge in [0, 0.05) is 38.9 Å². The molecular weight excluding hydrogens is 227 g/mol. The normalized spacial score (nSPS) is 8.50. The summed E-state index contributed by atoms with van der Waals surface area (Å²) < 4.78 is 1.74. The summed E-state index contributed by atoms with van der Waals surface area (Å²) in [5.41, 5.74) is 1.06. The predicted octanol–water partition coefficient (Wildman–Crippen LogP) is 1.51. The maximum Gasteiger partial charge on any atom is 0.0825 e. The van der Waals surface area contributed by atoms with E-state index in [-0.39, 0.29) is 40.1 Å². The van der Waals surface area contributed by atoms with Crippen molar-refractivity contribution in [3.63, 3.8) is 0 Å². The van der Waals surface area contributed by atoms with Gasteiger partial charge in [-0.3, -0.25) is 4.68 Å². The molecule has 12 heavy (non-hydrogen) atoms. The van der Waals surface area contributed by atoms with Crippen molar-refractivity contribution in [2.24, 2.45) is 0 Å². The fourth-order valence-corrected chi connectivity index (χ4v) is 0.819. The van der Waals surface area contributed by atoms with E-state index < -0.39 is 0 Å². The van der Waals surface area contributed by atoms with E-state index in [9.17, 15) is 0 Å². The largest absolute Gasteiger partial charge is 0.358 e. The summed E-state index contributed by atoms with van der Waals surface area (Å²) in [7, 11) is 0. The van der Waals surface area contributed by atoms with Crippen molar-refractivity contribution in [2.45, 2.75) is 26.3 Å². The summed E-state index contributed by atoms with van der Waals surface area (Å²) in [5, 5.41) is 7.81. The van der Waals surface area contributed by atoms with Gasteiger partial charge < -0.3 is 14.4 Å². The van der Waals surface area contributed by atoms with Crippen molar-refractivity contribution in [2.75, 3.05) is 0 Å². The Labute approximate surface area is 99.8 Å². The van der Waals surface area contributed by atoms with E-state index in [1.54, 1.807) is 4.68 Å². The van der Waals surface area contributed by atoms with Crippen LogP contribution >= 0.6 is 0 Å². The third-order valence-corrected chi connectivity index (χ3v) is 1.32. The van der Waals surface area contributed by atoms with Crippen molar-refractivity contribution in [1.82, 2.24) is 15.0 Å². The molecule has 1 radical (unpaired) electrons. The molecule has 0 saturated carbocycles. The van der Waals surface area contributed by atoms with Crippen LogP contribution < -0.4 is 0 Å². The molecule has 0 aromatic carbocycles. The Kier molecular flexibility index (Phi) is 9.67. The molecule has 1 rings (SSSR count). The standard InChI is InChI=1S/C7H12N3.CH3.Y/c1-3-5-7-6-10(4-2)9-8-7;;/h6H,2-5H2,1H3;1H3;/q2*-1;. The average Bonchev–Trinajstić information content (AvgIpc) is 2.37. The molecule has 0 bridgehead atoms. The van der Waals surface area contributed by atoms with Gasteiger partial charge in [-0.15, -0.1) is 5.10 Å². The van der Waals surface area contributed by atoms with Crippen LogP contribution in [0.15, 0.2) is 6.20 Å². The van der Waals surface area contributed by atoms with Crippen molar-refractivity contribution >= 4 is 0 Å². The van der Waals surface area contributed by atoms with Crippen LogP contribution in [0.2, 0.25) is 0 Å². The van der Waals surface area contributed by atoms with Gasteiger partial charge in [0.15, 0.2) is 0 Å². The van der Waals surface area contributed by atoms with Crippen molar-refractivity contribution in [3.05, 3.63) is 26.2 Å². The second kappa shape index (κ2) is 7.87. The summed E-state index contributed by atoms with van der Waals surface area (Å²) >= 11 is 0. The molecule has 0 aliphatic rings. The molecule has 1 aromatic rings. The molecular formula is C8H15N3Y-2. The zero-order valence-electron chi connectivity index (χ0n) is 7.82. The first-order chi connectivity index (χ1) is 4.86. The molecule has 0 aliphatic heterocycles. The van der Waals surface area contributed by atoms with Gasteiger partial charge in [-0.25, -0.2) is 0 Å². The summed E-state index contributed by atoms with van der Waals surface area (Å²) in [6.45, 7) is 6.48. The van der Waals surface area contributed by atoms with Crippen LogP contribution in [0.5, 0.6) is 0 Å². The maximum absolute atomic E-state index is 3.95. The van der Waals surface area contributed by atoms with Crippen molar-refractivity contribution in [1.29, 1.82) is 0 Å². The second-order valence-electron chi connectivity index (χ2n) is 2.22. The summed E-state index contributed by atoms with van der Waals surface area (Å²) in [6.07, 6.45) is 4.08. The topological polar surface area (TPSA) is 30.7 Å². The molecule has 0 unspecified atom stereocenters. The fourth-order valence-electron chi connectivity index (χ4n) is 0.819. The van der Waals surface area contributed by atoms with E-state index in [0.29, 0.717) is 6.54 Å². The third-order valence-electron chi connectivity index (χ3n) is 1.32. The van der Waals surface area contributed by atoms with Gasteiger partial charge in [0.1, 0.15) is 0 Å². The third kappa shape index (κ3) is 4.31. The molecule has 0 amide bonds. The minimum absolute atomic E-state index is 0. The molecule has 0 spiro atoms. The van der Waals surface area contributed by atoms with Gasteiger partial charge in [0.2, 0.25) is 0 Å². The zero-order chi connectivity index (χ0) is 7.40. The van der Waals surface area contributed by atoms with E-state index in [1.807, 2.05) is 6.20 Å². The van der Waals surface area contributed by atoms with Crippen LogP contribution in [-0.4, -0.2) is 15.0 Å². The van der Waals surface area contributed by atoms with Crippen LogP contribution in [0.4, 0.5) is 0 Å². The summed E-state index contributed by atoms with van der Waals surface area (Å²) in [6, 6.07) is 0. The van der Waals surface area contributed by atoms with Crippen LogP contribution in [0.1, 0.15) is 19.0 Å². The van der Waals surface area contributed by atoms with Crippen LogP contribution in [0.3, 0.4) is 0 Å². The Morgan fingerprint density at radius 2 is 2.25 bits per heavy atom. The van der Waals surface area contributed by atoms with Gasteiger partial charge in [-0.2, -0.15) is 0 Å². The van der Waals surface area contributed by atoms with Crippen molar-refractivity contribution in [3.8, 4) is 0 Å². The Balaban J connectivity index is 0. The molecule has 0 aliphatic carbocycles. The number of hydrogen-bond donors (Lipinski definition) is 0. The molecule has 0 N–H and O–H groups in total. The molecule has 0 atom stereocenters. The van der Waals surface area contributed by atoms with E-state index in [4.69, 9.17) is 0 Å². The summed E-state index contributed by atoms with van der Waals surface area (Å²) in [4.78, 5) is 0. The van der Waals surface area contributed by atoms with Crippen LogP contribution in [0, 0.1) is 14.4 Å². The Morgan fingerprint density at radius 1 is 1.58 bits per heavy atom. The average molecular weight is 242 g/mol. The van der Waals surface area contributed by atoms with E-state index in [0.717, 1.165) is 18.5 Å². The Morgan fingerprint density at radius 3 is 2.67 bits per heavy atom. The SMILES string of the molecule is [CH2-]Cn1cc(CCC)nn1.[CH3-].[Y]. The monoisotopic (exact) mass is 242 g/mol. The van der Waals surface area contributed by atoms with Gasteiger partial charge in [-0.05, 0) is 6.42 Å². The van der Waals surface area contributed by atoms with Crippen LogP contribution in [0.25, 0.3) is 0 Å². The quantitative estimate of drug-likeness (QED) is 0.752. The van der Waals surface area contributed by atoms with Crippen LogP contribution in [-0.2, 0) is 45.7 Å². The number of aryl methyl sites for hydroxylation is 1.